The predicted molar refractivity (Wildman–Crippen MR) is 156 cm³/mol. The molecule has 5 nitrogen and oxygen atoms in total. The van der Waals surface area contributed by atoms with E-state index in [2.05, 4.69) is 92.3 Å². The lowest BCUT2D eigenvalue weighted by Gasteiger charge is -2.14. The molecule has 0 spiro atoms. The third-order valence-corrected chi connectivity index (χ3v) is 6.82. The van der Waals surface area contributed by atoms with E-state index >= 15 is 0 Å². The number of rotatable bonds is 4. The maximum atomic E-state index is 5.97. The Labute approximate surface area is 225 Å². The highest BCUT2D eigenvalue weighted by atomic mass is 16.3. The maximum Gasteiger partial charge on any atom is 0.168 e. The molecule has 4 aromatic carbocycles. The van der Waals surface area contributed by atoms with Gasteiger partial charge in [-0.05, 0) is 36.4 Å². The molecule has 0 aliphatic rings. The van der Waals surface area contributed by atoms with Gasteiger partial charge in [-0.25, -0.2) is 0 Å². The summed E-state index contributed by atoms with van der Waals surface area (Å²) in [7, 11) is 0. The first kappa shape index (κ1) is 22.8. The van der Waals surface area contributed by atoms with E-state index in [1.807, 2.05) is 66.7 Å². The highest BCUT2D eigenvalue weighted by Crippen LogP contribution is 2.30. The van der Waals surface area contributed by atoms with Gasteiger partial charge in [-0.1, -0.05) is 97.1 Å². The Bertz CT molecular complexity index is 1890. The molecular formula is C34H24N4O. The zero-order valence-electron chi connectivity index (χ0n) is 21.1. The molecule has 7 rings (SSSR count). The molecule has 0 fully saturated rings. The lowest BCUT2D eigenvalue weighted by Crippen LogP contribution is -2.01. The highest BCUT2D eigenvalue weighted by Gasteiger charge is 2.17. The normalized spacial score (nSPS) is 11.1. The number of benzene rings is 4. The molecule has 0 aliphatic heterocycles. The van der Waals surface area contributed by atoms with E-state index in [1.54, 1.807) is 6.26 Å². The first-order valence-electron chi connectivity index (χ1n) is 12.8. The molecule has 0 aliphatic carbocycles. The fourth-order valence-electron chi connectivity index (χ4n) is 4.97. The van der Waals surface area contributed by atoms with Gasteiger partial charge in [0.2, 0.25) is 0 Å². The van der Waals surface area contributed by atoms with Crippen molar-refractivity contribution in [2.45, 2.75) is 0 Å². The summed E-state index contributed by atoms with van der Waals surface area (Å²) in [6.07, 6.45) is 3.82. The number of fused-ring (bicyclic) bond motifs is 3. The van der Waals surface area contributed by atoms with E-state index in [0.717, 1.165) is 56.0 Å². The molecular weight excluding hydrogens is 480 g/mol. The fraction of sp³-hybridized carbons (Fsp3) is 0. The largest absolute Gasteiger partial charge is 0.462 e. The van der Waals surface area contributed by atoms with Crippen molar-refractivity contribution in [3.63, 3.8) is 0 Å². The monoisotopic (exact) mass is 504 g/mol. The highest BCUT2D eigenvalue weighted by molar-refractivity contribution is 6.02. The Kier molecular flexibility index (Phi) is 5.72. The summed E-state index contributed by atoms with van der Waals surface area (Å²) in [4.78, 5) is 0. The van der Waals surface area contributed by atoms with Crippen molar-refractivity contribution in [2.24, 2.45) is 0 Å². The molecule has 39 heavy (non-hydrogen) atoms. The van der Waals surface area contributed by atoms with E-state index in [0.29, 0.717) is 0 Å². The summed E-state index contributed by atoms with van der Waals surface area (Å²) >= 11 is 0. The molecule has 0 bridgehead atoms. The quantitative estimate of drug-likeness (QED) is 0.242. The Morgan fingerprint density at radius 1 is 0.487 bits per heavy atom. The summed E-state index contributed by atoms with van der Waals surface area (Å²) in [6.45, 7) is 0. The molecule has 3 heterocycles. The van der Waals surface area contributed by atoms with E-state index in [9.17, 15) is 0 Å². The van der Waals surface area contributed by atoms with Crippen LogP contribution in [-0.4, -0.2) is 19.3 Å². The van der Waals surface area contributed by atoms with Crippen LogP contribution in [-0.2, 0) is 0 Å². The van der Waals surface area contributed by atoms with E-state index in [-0.39, 0.29) is 0 Å². The van der Waals surface area contributed by atoms with Crippen molar-refractivity contribution in [1.82, 2.24) is 19.3 Å². The molecule has 0 N–H and O–H groups in total. The van der Waals surface area contributed by atoms with Crippen molar-refractivity contribution >= 4 is 21.9 Å². The van der Waals surface area contributed by atoms with E-state index < -0.39 is 0 Å². The van der Waals surface area contributed by atoms with Crippen LogP contribution < -0.4 is 0 Å². The van der Waals surface area contributed by atoms with Gasteiger partial charge in [0, 0.05) is 39.5 Å². The molecule has 0 amide bonds. The Balaban J connectivity index is 1.43. The first-order chi connectivity index (χ1) is 19.4. The van der Waals surface area contributed by atoms with Gasteiger partial charge in [0.1, 0.15) is 0 Å². The molecule has 5 heteroatoms. The number of furan rings is 1. The summed E-state index contributed by atoms with van der Waals surface area (Å²) in [5.41, 5.74) is 5.86. The summed E-state index contributed by atoms with van der Waals surface area (Å²) < 4.78 is 10.3. The smallest absolute Gasteiger partial charge is 0.168 e. The van der Waals surface area contributed by atoms with Gasteiger partial charge < -0.3 is 8.98 Å². The van der Waals surface area contributed by atoms with Gasteiger partial charge in [-0.2, -0.15) is 0 Å². The standard InChI is InChI=1S/C34H24N4O/c1-2-10-23-37(31-25(11-5-1)16-17-26-22-24-39-32(26)31)29-18-20-30(21-19-29)38-33(27-12-6-3-7-13-27)35-36-34(38)28-14-8-4-9-15-28/h1-24H. The maximum absolute atomic E-state index is 5.97. The second kappa shape index (κ2) is 9.80. The van der Waals surface area contributed by atoms with E-state index in [4.69, 9.17) is 4.42 Å². The Morgan fingerprint density at radius 2 is 1.05 bits per heavy atom. The van der Waals surface area contributed by atoms with Gasteiger partial charge in [0.05, 0.1) is 11.8 Å². The van der Waals surface area contributed by atoms with Gasteiger partial charge in [0.25, 0.3) is 0 Å². The van der Waals surface area contributed by atoms with Crippen molar-refractivity contribution in [3.05, 3.63) is 146 Å². The second-order valence-electron chi connectivity index (χ2n) is 9.23. The van der Waals surface area contributed by atoms with Crippen molar-refractivity contribution in [1.29, 1.82) is 0 Å². The van der Waals surface area contributed by atoms with Crippen LogP contribution >= 0.6 is 0 Å². The number of hydrogen-bond acceptors (Lipinski definition) is 3. The Hall–Kier alpha value is -5.42. The fourth-order valence-corrected chi connectivity index (χ4v) is 4.97. The SMILES string of the molecule is c1ccc(-c2nnc(-c3ccccc3)n2-c2ccc(-n3ccccccc4ccc5ccoc5c43)cc2)cc1. The number of hydrogen-bond donors (Lipinski definition) is 0. The minimum Gasteiger partial charge on any atom is -0.462 e. The van der Waals surface area contributed by atoms with E-state index in [1.165, 1.54) is 0 Å². The lowest BCUT2D eigenvalue weighted by atomic mass is 10.1. The molecule has 0 radical (unpaired) electrons. The van der Waals surface area contributed by atoms with Crippen LogP contribution in [0.15, 0.2) is 150 Å². The van der Waals surface area contributed by atoms with Crippen LogP contribution in [0.25, 0.3) is 56.0 Å². The molecule has 7 aromatic rings. The minimum atomic E-state index is 0.794. The predicted octanol–water partition coefficient (Wildman–Crippen LogP) is 8.42. The van der Waals surface area contributed by atoms with Crippen LogP contribution in [0.1, 0.15) is 0 Å². The zero-order valence-corrected chi connectivity index (χ0v) is 21.1. The number of nitrogens with zero attached hydrogens (tertiary/aromatic N) is 4. The number of aromatic nitrogens is 4. The third-order valence-electron chi connectivity index (χ3n) is 6.82. The van der Waals surface area contributed by atoms with Crippen LogP contribution in [0, 0.1) is 0 Å². The van der Waals surface area contributed by atoms with Crippen LogP contribution in [0.2, 0.25) is 0 Å². The Morgan fingerprint density at radius 3 is 1.74 bits per heavy atom. The van der Waals surface area contributed by atoms with Crippen molar-refractivity contribution < 1.29 is 4.42 Å². The van der Waals surface area contributed by atoms with Gasteiger partial charge in [-0.3, -0.25) is 4.57 Å². The summed E-state index contributed by atoms with van der Waals surface area (Å²) in [5.74, 6) is 1.59. The molecule has 0 unspecified atom stereocenters. The van der Waals surface area contributed by atoms with Gasteiger partial charge in [-0.15, -0.1) is 10.2 Å². The van der Waals surface area contributed by atoms with Crippen LogP contribution in [0.3, 0.4) is 0 Å². The minimum absolute atomic E-state index is 0.794. The third kappa shape index (κ3) is 4.16. The first-order valence-corrected chi connectivity index (χ1v) is 12.8. The average molecular weight is 505 g/mol. The van der Waals surface area contributed by atoms with Crippen molar-refractivity contribution in [3.8, 4) is 34.2 Å². The average Bonchev–Trinajstić information content (AvgIpc) is 3.67. The zero-order chi connectivity index (χ0) is 26.0. The topological polar surface area (TPSA) is 48.8 Å². The molecule has 0 saturated heterocycles. The second-order valence-corrected chi connectivity index (χ2v) is 9.23. The van der Waals surface area contributed by atoms with Gasteiger partial charge in [0.15, 0.2) is 17.2 Å². The van der Waals surface area contributed by atoms with Crippen LogP contribution in [0.4, 0.5) is 0 Å². The summed E-state index contributed by atoms with van der Waals surface area (Å²) in [6, 6.07) is 45.3. The summed E-state index contributed by atoms with van der Waals surface area (Å²) in [5, 5.41) is 11.4. The molecule has 3 aromatic heterocycles. The van der Waals surface area contributed by atoms with Crippen molar-refractivity contribution in [2.75, 3.05) is 0 Å². The molecule has 0 saturated carbocycles. The molecule has 0 atom stereocenters. The van der Waals surface area contributed by atoms with Crippen LogP contribution in [0.5, 0.6) is 0 Å². The van der Waals surface area contributed by atoms with Gasteiger partial charge >= 0.3 is 0 Å². The lowest BCUT2D eigenvalue weighted by molar-refractivity contribution is 0.617. The molecule has 186 valence electrons.